The zero-order valence-corrected chi connectivity index (χ0v) is 14.6. The fourth-order valence-corrected chi connectivity index (χ4v) is 3.19. The van der Waals surface area contributed by atoms with Gasteiger partial charge in [0.15, 0.2) is 0 Å². The maximum atomic E-state index is 12.4. The van der Waals surface area contributed by atoms with E-state index in [4.69, 9.17) is 0 Å². The van der Waals surface area contributed by atoms with Crippen molar-refractivity contribution in [2.75, 3.05) is 16.8 Å². The molecule has 0 spiro atoms. The van der Waals surface area contributed by atoms with E-state index in [1.165, 1.54) is 11.1 Å². The van der Waals surface area contributed by atoms with Crippen LogP contribution in [0.25, 0.3) is 0 Å². The summed E-state index contributed by atoms with van der Waals surface area (Å²) in [7, 11) is 0. The molecule has 0 unspecified atom stereocenters. The summed E-state index contributed by atoms with van der Waals surface area (Å²) >= 11 is 0. The summed E-state index contributed by atoms with van der Waals surface area (Å²) in [6.45, 7) is 3.67. The molecule has 2 heterocycles. The number of carbonyl (C=O) groups excluding carboxylic acids is 1. The van der Waals surface area contributed by atoms with Crippen molar-refractivity contribution in [3.63, 3.8) is 0 Å². The minimum absolute atomic E-state index is 0.203. The lowest BCUT2D eigenvalue weighted by molar-refractivity contribution is 0.102. The van der Waals surface area contributed by atoms with Gasteiger partial charge in [0, 0.05) is 31.2 Å². The summed E-state index contributed by atoms with van der Waals surface area (Å²) in [5.41, 5.74) is 5.01. The molecular weight excluding hydrogens is 324 g/mol. The van der Waals surface area contributed by atoms with Crippen molar-refractivity contribution < 1.29 is 4.79 Å². The highest BCUT2D eigenvalue weighted by atomic mass is 16.1. The number of aromatic nitrogens is 2. The second kappa shape index (κ2) is 6.96. The minimum atomic E-state index is -0.203. The van der Waals surface area contributed by atoms with Crippen LogP contribution in [-0.4, -0.2) is 22.4 Å². The number of benzene rings is 2. The first-order valence-electron chi connectivity index (χ1n) is 8.71. The lowest BCUT2D eigenvalue weighted by atomic mass is 10.0. The summed E-state index contributed by atoms with van der Waals surface area (Å²) in [6.07, 6.45) is 4.16. The van der Waals surface area contributed by atoms with Gasteiger partial charge in [0.1, 0.15) is 0 Å². The van der Waals surface area contributed by atoms with E-state index in [9.17, 15) is 4.79 Å². The lowest BCUT2D eigenvalue weighted by Crippen LogP contribution is -2.31. The van der Waals surface area contributed by atoms with E-state index >= 15 is 0 Å². The number of hydrogen-bond donors (Lipinski definition) is 1. The average Bonchev–Trinajstić information content (AvgIpc) is 2.68. The van der Waals surface area contributed by atoms with E-state index in [0.717, 1.165) is 30.8 Å². The number of nitrogens with one attached hydrogen (secondary N) is 1. The first-order chi connectivity index (χ1) is 12.7. The predicted octanol–water partition coefficient (Wildman–Crippen LogP) is 3.60. The highest BCUT2D eigenvalue weighted by molar-refractivity contribution is 6.03. The van der Waals surface area contributed by atoms with Gasteiger partial charge in [-0.3, -0.25) is 4.79 Å². The molecule has 1 aliphatic heterocycles. The number of hydrogen-bond acceptors (Lipinski definition) is 4. The normalized spacial score (nSPS) is 13.2. The van der Waals surface area contributed by atoms with Crippen LogP contribution in [0.15, 0.2) is 60.9 Å². The standard InChI is InChI=1S/C21H20N4O/c1-15-5-4-8-19(11-15)24-20(26)18-12-22-21(23-13-18)25-10-9-16-6-2-3-7-17(16)14-25/h2-8,11-13H,9-10,14H2,1H3,(H,24,26). The van der Waals surface area contributed by atoms with Crippen LogP contribution in [0, 0.1) is 6.92 Å². The second-order valence-electron chi connectivity index (χ2n) is 6.54. The summed E-state index contributed by atoms with van der Waals surface area (Å²) in [4.78, 5) is 23.3. The van der Waals surface area contributed by atoms with Crippen molar-refractivity contribution >= 4 is 17.5 Å². The molecule has 4 rings (SSSR count). The summed E-state index contributed by atoms with van der Waals surface area (Å²) in [5.74, 6) is 0.456. The Balaban J connectivity index is 1.46. The highest BCUT2D eigenvalue weighted by Gasteiger charge is 2.18. The van der Waals surface area contributed by atoms with E-state index < -0.39 is 0 Å². The highest BCUT2D eigenvalue weighted by Crippen LogP contribution is 2.21. The minimum Gasteiger partial charge on any atom is -0.336 e. The van der Waals surface area contributed by atoms with Crippen molar-refractivity contribution in [1.29, 1.82) is 0 Å². The van der Waals surface area contributed by atoms with Gasteiger partial charge < -0.3 is 10.2 Å². The number of rotatable bonds is 3. The van der Waals surface area contributed by atoms with Gasteiger partial charge in [0.25, 0.3) is 5.91 Å². The summed E-state index contributed by atoms with van der Waals surface area (Å²) in [6, 6.07) is 16.2. The van der Waals surface area contributed by atoms with Gasteiger partial charge in [-0.1, -0.05) is 36.4 Å². The molecule has 0 atom stereocenters. The van der Waals surface area contributed by atoms with Crippen LogP contribution in [0.2, 0.25) is 0 Å². The van der Waals surface area contributed by atoms with E-state index in [2.05, 4.69) is 44.5 Å². The molecule has 1 aromatic heterocycles. The molecule has 0 bridgehead atoms. The van der Waals surface area contributed by atoms with Crippen LogP contribution in [0.5, 0.6) is 0 Å². The van der Waals surface area contributed by atoms with Crippen molar-refractivity contribution in [2.45, 2.75) is 19.9 Å². The molecule has 1 N–H and O–H groups in total. The van der Waals surface area contributed by atoms with Gasteiger partial charge in [-0.25, -0.2) is 9.97 Å². The Hall–Kier alpha value is -3.21. The second-order valence-corrected chi connectivity index (χ2v) is 6.54. The molecule has 0 fully saturated rings. The third-order valence-corrected chi connectivity index (χ3v) is 4.59. The van der Waals surface area contributed by atoms with E-state index in [1.807, 2.05) is 31.2 Å². The van der Waals surface area contributed by atoms with E-state index in [1.54, 1.807) is 12.4 Å². The summed E-state index contributed by atoms with van der Waals surface area (Å²) in [5, 5.41) is 2.88. The van der Waals surface area contributed by atoms with Crippen LogP contribution < -0.4 is 10.2 Å². The number of aryl methyl sites for hydroxylation is 1. The molecule has 5 nitrogen and oxygen atoms in total. The summed E-state index contributed by atoms with van der Waals surface area (Å²) < 4.78 is 0. The van der Waals surface area contributed by atoms with Gasteiger partial charge in [0.05, 0.1) is 5.56 Å². The number of nitrogens with zero attached hydrogens (tertiary/aromatic N) is 3. The largest absolute Gasteiger partial charge is 0.336 e. The van der Waals surface area contributed by atoms with Crippen LogP contribution in [0.3, 0.4) is 0 Å². The molecule has 0 radical (unpaired) electrons. The Bertz CT molecular complexity index is 937. The molecular formula is C21H20N4O. The fraction of sp³-hybridized carbons (Fsp3) is 0.190. The molecule has 1 amide bonds. The predicted molar refractivity (Wildman–Crippen MR) is 102 cm³/mol. The number of amides is 1. The van der Waals surface area contributed by atoms with Gasteiger partial charge in [-0.15, -0.1) is 0 Å². The first-order valence-corrected chi connectivity index (χ1v) is 8.71. The SMILES string of the molecule is Cc1cccc(NC(=O)c2cnc(N3CCc4ccccc4C3)nc2)c1. The Morgan fingerprint density at radius 2 is 1.81 bits per heavy atom. The smallest absolute Gasteiger partial charge is 0.258 e. The van der Waals surface area contributed by atoms with Gasteiger partial charge in [-0.05, 0) is 42.2 Å². The van der Waals surface area contributed by atoms with Crippen LogP contribution in [0.4, 0.5) is 11.6 Å². The van der Waals surface area contributed by atoms with Crippen molar-refractivity contribution in [3.05, 3.63) is 83.2 Å². The Morgan fingerprint density at radius 1 is 1.04 bits per heavy atom. The van der Waals surface area contributed by atoms with Gasteiger partial charge >= 0.3 is 0 Å². The van der Waals surface area contributed by atoms with Crippen molar-refractivity contribution in [3.8, 4) is 0 Å². The number of anilines is 2. The van der Waals surface area contributed by atoms with Crippen molar-refractivity contribution in [2.24, 2.45) is 0 Å². The van der Waals surface area contributed by atoms with Crippen LogP contribution >= 0.6 is 0 Å². The fourth-order valence-electron chi connectivity index (χ4n) is 3.19. The molecule has 0 saturated heterocycles. The van der Waals surface area contributed by atoms with Gasteiger partial charge in [0.2, 0.25) is 5.95 Å². The molecule has 2 aromatic carbocycles. The monoisotopic (exact) mass is 344 g/mol. The topological polar surface area (TPSA) is 58.1 Å². The molecule has 5 heteroatoms. The maximum Gasteiger partial charge on any atom is 0.258 e. The zero-order chi connectivity index (χ0) is 17.9. The Kier molecular flexibility index (Phi) is 4.35. The molecule has 130 valence electrons. The van der Waals surface area contributed by atoms with Crippen molar-refractivity contribution in [1.82, 2.24) is 9.97 Å². The third kappa shape index (κ3) is 3.42. The van der Waals surface area contributed by atoms with Crippen LogP contribution in [0.1, 0.15) is 27.0 Å². The number of fused-ring (bicyclic) bond motifs is 1. The molecule has 0 aliphatic carbocycles. The zero-order valence-electron chi connectivity index (χ0n) is 14.6. The van der Waals surface area contributed by atoms with Gasteiger partial charge in [-0.2, -0.15) is 0 Å². The molecule has 1 aliphatic rings. The lowest BCUT2D eigenvalue weighted by Gasteiger charge is -2.28. The quantitative estimate of drug-likeness (QED) is 0.789. The first kappa shape index (κ1) is 16.3. The maximum absolute atomic E-state index is 12.4. The Morgan fingerprint density at radius 3 is 2.58 bits per heavy atom. The third-order valence-electron chi connectivity index (χ3n) is 4.59. The number of carbonyl (C=O) groups is 1. The average molecular weight is 344 g/mol. The van der Waals surface area contributed by atoms with Crippen LogP contribution in [-0.2, 0) is 13.0 Å². The molecule has 0 saturated carbocycles. The molecule has 3 aromatic rings. The van der Waals surface area contributed by atoms with E-state index in [0.29, 0.717) is 11.5 Å². The molecule has 26 heavy (non-hydrogen) atoms. The van der Waals surface area contributed by atoms with E-state index in [-0.39, 0.29) is 5.91 Å². The Labute approximate surface area is 152 Å².